The van der Waals surface area contributed by atoms with Gasteiger partial charge in [-0.05, 0) is 17.7 Å². The Morgan fingerprint density at radius 3 is 2.59 bits per heavy atom. The number of amides is 1. The number of nitrogens with one attached hydrogen (secondary N) is 2. The molecule has 0 spiro atoms. The molecule has 0 unspecified atom stereocenters. The van der Waals surface area contributed by atoms with Crippen LogP contribution >= 0.6 is 0 Å². The van der Waals surface area contributed by atoms with Crippen LogP contribution in [-0.2, 0) is 10.4 Å². The molecule has 2 rings (SSSR count). The third kappa shape index (κ3) is 4.08. The van der Waals surface area contributed by atoms with Crippen molar-refractivity contribution in [2.75, 3.05) is 33.3 Å². The zero-order valence-corrected chi connectivity index (χ0v) is 13.1. The van der Waals surface area contributed by atoms with Crippen LogP contribution in [0.4, 0.5) is 0 Å². The van der Waals surface area contributed by atoms with Crippen molar-refractivity contribution in [1.29, 1.82) is 0 Å². The molecule has 1 aromatic rings. The summed E-state index contributed by atoms with van der Waals surface area (Å²) in [5, 5.41) is 13.6. The smallest absolute Gasteiger partial charge is 0.275 e. The Balaban J connectivity index is 1.89. The minimum absolute atomic E-state index is 0.0322. The molecular weight excluding hydrogens is 280 g/mol. The highest BCUT2D eigenvalue weighted by Gasteiger charge is 2.36. The van der Waals surface area contributed by atoms with Crippen molar-refractivity contribution in [1.82, 2.24) is 5.32 Å². The highest BCUT2D eigenvalue weighted by molar-refractivity contribution is 5.76. The average molecular weight is 305 g/mol. The van der Waals surface area contributed by atoms with Crippen LogP contribution in [0.15, 0.2) is 36.9 Å². The standard InChI is InChI=1S/C17H24N2O3/c1-3-10-18-16(20)13-19-11-8-17(21,9-12-19)14-4-6-15(22-2)7-5-14/h3-7,21H,1,8-13H2,2H3,(H,18,20)/p+1. The number of piperidine rings is 1. The number of likely N-dealkylation sites (tertiary alicyclic amines) is 1. The molecule has 1 amide bonds. The van der Waals surface area contributed by atoms with Gasteiger partial charge in [0.2, 0.25) is 0 Å². The molecule has 0 atom stereocenters. The molecule has 5 nitrogen and oxygen atoms in total. The number of carbonyl (C=O) groups is 1. The fourth-order valence-electron chi connectivity index (χ4n) is 2.86. The molecule has 0 saturated carbocycles. The molecule has 1 fully saturated rings. The van der Waals surface area contributed by atoms with Crippen molar-refractivity contribution >= 4 is 5.91 Å². The van der Waals surface area contributed by atoms with Gasteiger partial charge in [-0.2, -0.15) is 0 Å². The van der Waals surface area contributed by atoms with Crippen molar-refractivity contribution < 1.29 is 19.5 Å². The fourth-order valence-corrected chi connectivity index (χ4v) is 2.86. The van der Waals surface area contributed by atoms with Gasteiger partial charge in [0.05, 0.1) is 20.2 Å². The van der Waals surface area contributed by atoms with Gasteiger partial charge in [0.15, 0.2) is 6.54 Å². The van der Waals surface area contributed by atoms with E-state index in [4.69, 9.17) is 4.74 Å². The number of aliphatic hydroxyl groups is 1. The van der Waals surface area contributed by atoms with Crippen molar-refractivity contribution in [2.24, 2.45) is 0 Å². The van der Waals surface area contributed by atoms with Gasteiger partial charge in [-0.15, -0.1) is 6.58 Å². The maximum atomic E-state index is 11.7. The Kier molecular flexibility index (Phi) is 5.57. The van der Waals surface area contributed by atoms with Crippen molar-refractivity contribution in [3.63, 3.8) is 0 Å². The van der Waals surface area contributed by atoms with E-state index < -0.39 is 5.60 Å². The number of hydrogen-bond acceptors (Lipinski definition) is 3. The quantitative estimate of drug-likeness (QED) is 0.641. The number of ether oxygens (including phenoxy) is 1. The lowest BCUT2D eigenvalue weighted by molar-refractivity contribution is -0.900. The summed E-state index contributed by atoms with van der Waals surface area (Å²) >= 11 is 0. The van der Waals surface area contributed by atoms with Crippen LogP contribution in [0.1, 0.15) is 18.4 Å². The monoisotopic (exact) mass is 305 g/mol. The molecule has 1 saturated heterocycles. The summed E-state index contributed by atoms with van der Waals surface area (Å²) in [6.07, 6.45) is 2.98. The van der Waals surface area contributed by atoms with E-state index in [2.05, 4.69) is 11.9 Å². The van der Waals surface area contributed by atoms with Crippen molar-refractivity contribution in [3.05, 3.63) is 42.5 Å². The van der Waals surface area contributed by atoms with Crippen LogP contribution in [0.3, 0.4) is 0 Å². The van der Waals surface area contributed by atoms with E-state index in [1.165, 1.54) is 4.90 Å². The first kappa shape index (κ1) is 16.5. The molecule has 1 heterocycles. The van der Waals surface area contributed by atoms with Crippen molar-refractivity contribution in [2.45, 2.75) is 18.4 Å². The molecule has 0 bridgehead atoms. The Bertz CT molecular complexity index is 505. The number of carbonyl (C=O) groups excluding carboxylic acids is 1. The Labute approximate surface area is 131 Å². The van der Waals surface area contributed by atoms with Gasteiger partial charge in [0.25, 0.3) is 5.91 Å². The van der Waals surface area contributed by atoms with E-state index in [9.17, 15) is 9.90 Å². The van der Waals surface area contributed by atoms with E-state index >= 15 is 0 Å². The highest BCUT2D eigenvalue weighted by Crippen LogP contribution is 2.30. The normalized spacial score (nSPS) is 24.5. The van der Waals surface area contributed by atoms with Crippen LogP contribution in [0.5, 0.6) is 5.75 Å². The summed E-state index contributed by atoms with van der Waals surface area (Å²) in [5.41, 5.74) is 0.122. The van der Waals surface area contributed by atoms with E-state index in [-0.39, 0.29) is 5.91 Å². The lowest BCUT2D eigenvalue weighted by Gasteiger charge is -2.36. The first-order valence-corrected chi connectivity index (χ1v) is 7.65. The van der Waals surface area contributed by atoms with Gasteiger partial charge in [-0.25, -0.2) is 0 Å². The topological polar surface area (TPSA) is 63.0 Å². The number of methoxy groups -OCH3 is 1. The SMILES string of the molecule is C=CCNC(=O)C[NH+]1CCC(O)(c2ccc(OC)cc2)CC1. The molecule has 0 aromatic heterocycles. The van der Waals surface area contributed by atoms with Crippen LogP contribution in [-0.4, -0.2) is 44.3 Å². The van der Waals surface area contributed by atoms with Gasteiger partial charge in [-0.1, -0.05) is 18.2 Å². The number of quaternary nitrogens is 1. The molecular formula is C17H25N2O3+. The molecule has 120 valence electrons. The molecule has 1 aliphatic rings. The van der Waals surface area contributed by atoms with Gasteiger partial charge in [0, 0.05) is 19.4 Å². The largest absolute Gasteiger partial charge is 0.497 e. The number of benzene rings is 1. The third-order valence-corrected chi connectivity index (χ3v) is 4.27. The lowest BCUT2D eigenvalue weighted by atomic mass is 9.84. The molecule has 0 aliphatic carbocycles. The van der Waals surface area contributed by atoms with Gasteiger partial charge < -0.3 is 20.1 Å². The Hall–Kier alpha value is -1.85. The number of rotatable bonds is 6. The molecule has 0 radical (unpaired) electrons. The van der Waals surface area contributed by atoms with Crippen LogP contribution in [0, 0.1) is 0 Å². The summed E-state index contributed by atoms with van der Waals surface area (Å²) in [4.78, 5) is 12.9. The molecule has 1 aromatic carbocycles. The van der Waals surface area contributed by atoms with Crippen LogP contribution in [0.25, 0.3) is 0 Å². The zero-order valence-electron chi connectivity index (χ0n) is 13.1. The lowest BCUT2D eigenvalue weighted by Crippen LogP contribution is -3.14. The Morgan fingerprint density at radius 2 is 2.05 bits per heavy atom. The second-order valence-corrected chi connectivity index (χ2v) is 5.78. The van der Waals surface area contributed by atoms with Gasteiger partial charge in [-0.3, -0.25) is 4.79 Å². The van der Waals surface area contributed by atoms with Crippen LogP contribution in [0.2, 0.25) is 0 Å². The van der Waals surface area contributed by atoms with E-state index in [1.807, 2.05) is 24.3 Å². The maximum absolute atomic E-state index is 11.7. The predicted octanol–water partition coefficient (Wildman–Crippen LogP) is -0.136. The first-order chi connectivity index (χ1) is 10.6. The van der Waals surface area contributed by atoms with Gasteiger partial charge >= 0.3 is 0 Å². The van der Waals surface area contributed by atoms with Crippen LogP contribution < -0.4 is 15.0 Å². The second kappa shape index (κ2) is 7.42. The Morgan fingerprint density at radius 1 is 1.41 bits per heavy atom. The first-order valence-electron chi connectivity index (χ1n) is 7.65. The minimum Gasteiger partial charge on any atom is -0.497 e. The summed E-state index contributed by atoms with van der Waals surface area (Å²) in [6, 6.07) is 7.58. The van der Waals surface area contributed by atoms with E-state index in [0.29, 0.717) is 25.9 Å². The molecule has 5 heteroatoms. The van der Waals surface area contributed by atoms with Gasteiger partial charge in [0.1, 0.15) is 11.4 Å². The summed E-state index contributed by atoms with van der Waals surface area (Å²) in [6.45, 7) is 6.10. The highest BCUT2D eigenvalue weighted by atomic mass is 16.5. The van der Waals surface area contributed by atoms with E-state index in [1.54, 1.807) is 13.2 Å². The zero-order chi connectivity index (χ0) is 16.0. The predicted molar refractivity (Wildman–Crippen MR) is 84.9 cm³/mol. The second-order valence-electron chi connectivity index (χ2n) is 5.78. The summed E-state index contributed by atoms with van der Waals surface area (Å²) < 4.78 is 5.15. The molecule has 1 aliphatic heterocycles. The van der Waals surface area contributed by atoms with E-state index in [0.717, 1.165) is 24.4 Å². The van der Waals surface area contributed by atoms with Crippen molar-refractivity contribution in [3.8, 4) is 5.75 Å². The molecule has 3 N–H and O–H groups in total. The maximum Gasteiger partial charge on any atom is 0.275 e. The minimum atomic E-state index is -0.798. The molecule has 22 heavy (non-hydrogen) atoms. The summed E-state index contributed by atoms with van der Waals surface area (Å²) in [7, 11) is 1.63. The summed E-state index contributed by atoms with van der Waals surface area (Å²) in [5.74, 6) is 0.819. The fraction of sp³-hybridized carbons (Fsp3) is 0.471. The third-order valence-electron chi connectivity index (χ3n) is 4.27. The average Bonchev–Trinajstić information content (AvgIpc) is 2.55. The number of hydrogen-bond donors (Lipinski definition) is 3.